The summed E-state index contributed by atoms with van der Waals surface area (Å²) in [4.78, 5) is 14.9. The van der Waals surface area contributed by atoms with Crippen molar-refractivity contribution in [3.05, 3.63) is 66.2 Å². The van der Waals surface area contributed by atoms with E-state index in [0.717, 1.165) is 10.0 Å². The second-order valence-corrected chi connectivity index (χ2v) is 9.81. The zero-order chi connectivity index (χ0) is 15.9. The molecule has 2 aromatic carbocycles. The maximum atomic E-state index is 13.0. The van der Waals surface area contributed by atoms with Crippen LogP contribution >= 0.6 is 11.6 Å². The molecule has 1 amide bonds. The Morgan fingerprint density at radius 2 is 1.74 bits per heavy atom. The fourth-order valence-electron chi connectivity index (χ4n) is 3.19. The Labute approximate surface area is 146 Å². The van der Waals surface area contributed by atoms with Crippen LogP contribution in [0.3, 0.4) is 0 Å². The summed E-state index contributed by atoms with van der Waals surface area (Å²) < 4.78 is 6.18. The first-order valence-corrected chi connectivity index (χ1v) is 9.69. The SMILES string of the molecule is O=C1N2[C@@H](c3ccccc3)CO[C@@H]2C[C@]1(Cl)[Se]c1ccccc1. The molecule has 4 rings (SSSR count). The van der Waals surface area contributed by atoms with Gasteiger partial charge >= 0.3 is 147 Å². The van der Waals surface area contributed by atoms with Crippen molar-refractivity contribution in [2.24, 2.45) is 0 Å². The van der Waals surface area contributed by atoms with Gasteiger partial charge in [-0.1, -0.05) is 0 Å². The van der Waals surface area contributed by atoms with E-state index in [9.17, 15) is 4.79 Å². The first kappa shape index (κ1) is 15.2. The zero-order valence-electron chi connectivity index (χ0n) is 12.4. The van der Waals surface area contributed by atoms with Gasteiger partial charge in [0.05, 0.1) is 0 Å². The quantitative estimate of drug-likeness (QED) is 0.592. The molecule has 23 heavy (non-hydrogen) atoms. The number of carbonyl (C=O) groups is 1. The monoisotopic (exact) mass is 393 g/mol. The number of nitrogens with zero attached hydrogens (tertiary/aromatic N) is 1. The second kappa shape index (κ2) is 5.95. The van der Waals surface area contributed by atoms with Crippen molar-refractivity contribution in [1.29, 1.82) is 0 Å². The van der Waals surface area contributed by atoms with E-state index >= 15 is 0 Å². The fourth-order valence-corrected chi connectivity index (χ4v) is 6.16. The Kier molecular flexibility index (Phi) is 3.94. The predicted molar refractivity (Wildman–Crippen MR) is 90.8 cm³/mol. The summed E-state index contributed by atoms with van der Waals surface area (Å²) in [5.41, 5.74) is 1.11. The number of hydrogen-bond acceptors (Lipinski definition) is 2. The Bertz CT molecular complexity index is 711. The average molecular weight is 393 g/mol. The molecule has 3 nitrogen and oxygen atoms in total. The summed E-state index contributed by atoms with van der Waals surface area (Å²) >= 11 is 6.64. The van der Waals surface area contributed by atoms with Crippen LogP contribution in [0.1, 0.15) is 18.0 Å². The summed E-state index contributed by atoms with van der Waals surface area (Å²) in [5.74, 6) is 0.0133. The van der Waals surface area contributed by atoms with Crippen LogP contribution in [0.2, 0.25) is 0 Å². The van der Waals surface area contributed by atoms with Crippen molar-refractivity contribution in [3.8, 4) is 0 Å². The van der Waals surface area contributed by atoms with Crippen LogP contribution in [0.15, 0.2) is 60.7 Å². The van der Waals surface area contributed by atoms with Crippen LogP contribution in [0.5, 0.6) is 0 Å². The Balaban J connectivity index is 1.60. The zero-order valence-corrected chi connectivity index (χ0v) is 14.9. The van der Waals surface area contributed by atoms with E-state index in [-0.39, 0.29) is 33.1 Å². The van der Waals surface area contributed by atoms with Gasteiger partial charge in [0.1, 0.15) is 0 Å². The van der Waals surface area contributed by atoms with Crippen LogP contribution in [0.25, 0.3) is 0 Å². The van der Waals surface area contributed by atoms with Crippen LogP contribution in [-0.2, 0) is 9.53 Å². The van der Waals surface area contributed by atoms with E-state index in [1.807, 2.05) is 65.6 Å². The van der Waals surface area contributed by atoms with Gasteiger partial charge in [0.15, 0.2) is 0 Å². The molecule has 118 valence electrons. The van der Waals surface area contributed by atoms with E-state index in [2.05, 4.69) is 0 Å². The standard InChI is InChI=1S/C18H16ClNO2Se/c19-18(23-14-9-5-2-6-10-14)11-16-20(17(18)21)15(12-22-16)13-7-3-1-4-8-13/h1-10,15-16H,11-12H2/t15-,16-,18+/m1/s1. The number of fused-ring (bicyclic) bond motifs is 1. The molecule has 2 aliphatic heterocycles. The minimum atomic E-state index is -0.841. The van der Waals surface area contributed by atoms with Gasteiger partial charge in [0.2, 0.25) is 0 Å². The predicted octanol–water partition coefficient (Wildman–Crippen LogP) is 2.28. The number of rotatable bonds is 3. The molecule has 0 aromatic heterocycles. The van der Waals surface area contributed by atoms with Crippen LogP contribution in [0, 0.1) is 0 Å². The van der Waals surface area contributed by atoms with Gasteiger partial charge in [-0.25, -0.2) is 0 Å². The average Bonchev–Trinajstić information content (AvgIpc) is 3.08. The van der Waals surface area contributed by atoms with Crippen LogP contribution in [-0.4, -0.2) is 42.4 Å². The normalized spacial score (nSPS) is 29.8. The number of alkyl halides is 1. The molecule has 2 aromatic rings. The summed E-state index contributed by atoms with van der Waals surface area (Å²) in [6.45, 7) is 0.547. The number of hydrogen-bond donors (Lipinski definition) is 0. The molecule has 0 aliphatic carbocycles. The van der Waals surface area contributed by atoms with E-state index in [4.69, 9.17) is 16.3 Å². The van der Waals surface area contributed by atoms with Gasteiger partial charge < -0.3 is 0 Å². The number of halogens is 1. The fraction of sp³-hybridized carbons (Fsp3) is 0.278. The van der Waals surface area contributed by atoms with Crippen LogP contribution < -0.4 is 4.46 Å². The Morgan fingerprint density at radius 3 is 2.43 bits per heavy atom. The molecule has 0 spiro atoms. The Morgan fingerprint density at radius 1 is 1.09 bits per heavy atom. The summed E-state index contributed by atoms with van der Waals surface area (Å²) in [7, 11) is 0. The molecular weight excluding hydrogens is 377 g/mol. The van der Waals surface area contributed by atoms with Crippen molar-refractivity contribution in [2.45, 2.75) is 22.5 Å². The molecule has 0 bridgehead atoms. The third-order valence-electron chi connectivity index (χ3n) is 4.29. The van der Waals surface area contributed by atoms with Crippen molar-refractivity contribution in [1.82, 2.24) is 4.90 Å². The number of carbonyl (C=O) groups excluding carboxylic acids is 1. The molecule has 5 heteroatoms. The topological polar surface area (TPSA) is 29.5 Å². The van der Waals surface area contributed by atoms with Crippen molar-refractivity contribution < 1.29 is 9.53 Å². The minimum absolute atomic E-state index is 0.0133. The number of benzene rings is 2. The first-order chi connectivity index (χ1) is 11.2. The first-order valence-electron chi connectivity index (χ1n) is 7.60. The molecule has 2 fully saturated rings. The van der Waals surface area contributed by atoms with Gasteiger partial charge in [-0.2, -0.15) is 0 Å². The van der Waals surface area contributed by atoms with E-state index in [1.54, 1.807) is 0 Å². The van der Waals surface area contributed by atoms with Gasteiger partial charge in [0.25, 0.3) is 0 Å². The Hall–Kier alpha value is -1.32. The number of amides is 1. The summed E-state index contributed by atoms with van der Waals surface area (Å²) in [5, 5.41) is 0. The molecule has 2 saturated heterocycles. The van der Waals surface area contributed by atoms with E-state index in [0.29, 0.717) is 13.0 Å². The van der Waals surface area contributed by atoms with Gasteiger partial charge in [-0.3, -0.25) is 0 Å². The van der Waals surface area contributed by atoms with E-state index in [1.165, 1.54) is 0 Å². The molecule has 0 radical (unpaired) electrons. The van der Waals surface area contributed by atoms with Crippen LogP contribution in [0.4, 0.5) is 0 Å². The number of ether oxygens (including phenoxy) is 1. The third-order valence-corrected chi connectivity index (χ3v) is 7.47. The van der Waals surface area contributed by atoms with Crippen molar-refractivity contribution in [3.63, 3.8) is 0 Å². The van der Waals surface area contributed by atoms with Crippen molar-refractivity contribution in [2.75, 3.05) is 6.61 Å². The molecular formula is C18H16ClNO2Se. The van der Waals surface area contributed by atoms with E-state index < -0.39 is 3.77 Å². The molecule has 2 aliphatic rings. The maximum absolute atomic E-state index is 13.0. The van der Waals surface area contributed by atoms with Crippen molar-refractivity contribution >= 4 is 36.9 Å². The second-order valence-electron chi connectivity index (χ2n) is 5.77. The summed E-state index contributed by atoms with van der Waals surface area (Å²) in [6, 6.07) is 20.0. The molecule has 0 saturated carbocycles. The van der Waals surface area contributed by atoms with Gasteiger partial charge in [-0.05, 0) is 0 Å². The molecule has 2 heterocycles. The molecule has 0 N–H and O–H groups in total. The van der Waals surface area contributed by atoms with Gasteiger partial charge in [0, 0.05) is 0 Å². The van der Waals surface area contributed by atoms with Gasteiger partial charge in [-0.15, -0.1) is 0 Å². The third kappa shape index (κ3) is 2.70. The summed E-state index contributed by atoms with van der Waals surface area (Å²) in [6.07, 6.45) is 0.363. The molecule has 3 atom stereocenters. The molecule has 0 unspecified atom stereocenters.